The van der Waals surface area contributed by atoms with Crippen LogP contribution in [0.15, 0.2) is 48.5 Å². The summed E-state index contributed by atoms with van der Waals surface area (Å²) < 4.78 is -1.23. The van der Waals surface area contributed by atoms with Crippen LogP contribution in [0.3, 0.4) is 0 Å². The molecule has 5 rings (SSSR count). The van der Waals surface area contributed by atoms with Gasteiger partial charge >= 0.3 is 0 Å². The molecule has 3 heterocycles. The van der Waals surface area contributed by atoms with Crippen LogP contribution < -0.4 is 10.6 Å². The second kappa shape index (κ2) is 10.2. The number of fused-ring (bicyclic) bond motifs is 1. The van der Waals surface area contributed by atoms with Crippen molar-refractivity contribution in [3.63, 3.8) is 0 Å². The Hall–Kier alpha value is -2.55. The lowest BCUT2D eigenvalue weighted by Crippen LogP contribution is -2.54. The monoisotopic (exact) mass is 555 g/mol. The van der Waals surface area contributed by atoms with Gasteiger partial charge in [-0.05, 0) is 50.3 Å². The SMILES string of the molecule is CC[C@@H](CO)N1C(=O)[C@@H]2[C@H](C(=O)NCc3ccccc3)[C@]3(C)CCC2(S3)C1C(=O)Nc1c(C)cccc1Cl. The Morgan fingerprint density at radius 1 is 1.16 bits per heavy atom. The minimum Gasteiger partial charge on any atom is -0.394 e. The molecule has 1 spiro atoms. The maximum atomic E-state index is 14.2. The summed E-state index contributed by atoms with van der Waals surface area (Å²) in [6.07, 6.45) is 1.86. The molecule has 2 unspecified atom stereocenters. The largest absolute Gasteiger partial charge is 0.394 e. The fourth-order valence-corrected chi connectivity index (χ4v) is 9.36. The zero-order valence-electron chi connectivity index (χ0n) is 21.9. The maximum absolute atomic E-state index is 14.2. The first-order chi connectivity index (χ1) is 18.2. The first-order valence-corrected chi connectivity index (χ1v) is 14.4. The number of benzene rings is 2. The van der Waals surface area contributed by atoms with Crippen LogP contribution in [0.1, 0.15) is 44.2 Å². The van der Waals surface area contributed by atoms with E-state index in [1.807, 2.05) is 63.2 Å². The highest BCUT2D eigenvalue weighted by atomic mass is 35.5. The van der Waals surface area contributed by atoms with Crippen molar-refractivity contribution < 1.29 is 19.5 Å². The Bertz CT molecular complexity index is 1240. The standard InChI is InChI=1S/C29H34ClN3O4S/c1-4-19(16-34)33-24(26(36)32-23-17(2)9-8-12-20(23)30)29-14-13-28(3,38-29)21(22(29)27(33)37)25(35)31-15-18-10-6-5-7-11-18/h5-12,19,21-22,24,34H,4,13-16H2,1-3H3,(H,31,35)(H,32,36)/t19-,21+,22-,24?,28-,29?/m0/s1. The highest BCUT2D eigenvalue weighted by Crippen LogP contribution is 2.71. The molecule has 6 atom stereocenters. The van der Waals surface area contributed by atoms with E-state index in [2.05, 4.69) is 10.6 Å². The fourth-order valence-electron chi connectivity index (χ4n) is 6.75. The summed E-state index contributed by atoms with van der Waals surface area (Å²) in [7, 11) is 0. The number of carbonyl (C=O) groups is 3. The van der Waals surface area contributed by atoms with Gasteiger partial charge in [0.05, 0.1) is 39.9 Å². The van der Waals surface area contributed by atoms with Crippen LogP contribution >= 0.6 is 23.4 Å². The van der Waals surface area contributed by atoms with Crippen LogP contribution in [-0.2, 0) is 20.9 Å². The van der Waals surface area contributed by atoms with E-state index in [-0.39, 0.29) is 24.3 Å². The molecule has 0 saturated carbocycles. The quantitative estimate of drug-likeness (QED) is 0.454. The first-order valence-electron chi connectivity index (χ1n) is 13.2. The molecular weight excluding hydrogens is 522 g/mol. The zero-order valence-corrected chi connectivity index (χ0v) is 23.4. The molecule has 3 saturated heterocycles. The van der Waals surface area contributed by atoms with Crippen molar-refractivity contribution in [3.05, 3.63) is 64.7 Å². The normalized spacial score (nSPS) is 30.3. The number of amides is 3. The smallest absolute Gasteiger partial charge is 0.248 e. The summed E-state index contributed by atoms with van der Waals surface area (Å²) >= 11 is 8.04. The number of anilines is 1. The number of nitrogens with zero attached hydrogens (tertiary/aromatic N) is 1. The molecule has 9 heteroatoms. The molecule has 2 aromatic carbocycles. The van der Waals surface area contributed by atoms with Gasteiger partial charge in [-0.15, -0.1) is 11.8 Å². The molecule has 38 heavy (non-hydrogen) atoms. The molecule has 3 fully saturated rings. The number of nitrogens with one attached hydrogen (secondary N) is 2. The van der Waals surface area contributed by atoms with Crippen molar-refractivity contribution in [2.24, 2.45) is 11.8 Å². The summed E-state index contributed by atoms with van der Waals surface area (Å²) in [6, 6.07) is 13.7. The van der Waals surface area contributed by atoms with Crippen molar-refractivity contribution >= 4 is 46.8 Å². The molecule has 0 aromatic heterocycles. The Labute approximate surface area is 232 Å². The first kappa shape index (κ1) is 27.0. The van der Waals surface area contributed by atoms with Crippen LogP contribution in [0.5, 0.6) is 0 Å². The molecule has 2 aromatic rings. The number of halogens is 1. The van der Waals surface area contributed by atoms with E-state index in [1.165, 1.54) is 0 Å². The van der Waals surface area contributed by atoms with Gasteiger partial charge < -0.3 is 20.6 Å². The lowest BCUT2D eigenvalue weighted by Gasteiger charge is -2.36. The Balaban J connectivity index is 1.51. The lowest BCUT2D eigenvalue weighted by molar-refractivity contribution is -0.142. The van der Waals surface area contributed by atoms with Gasteiger partial charge in [-0.1, -0.05) is 61.0 Å². The van der Waals surface area contributed by atoms with E-state index in [9.17, 15) is 19.5 Å². The molecule has 7 nitrogen and oxygen atoms in total. The fraction of sp³-hybridized carbons (Fsp3) is 0.483. The Morgan fingerprint density at radius 2 is 1.89 bits per heavy atom. The minimum atomic E-state index is -0.827. The molecule has 2 bridgehead atoms. The van der Waals surface area contributed by atoms with Gasteiger partial charge in [0.25, 0.3) is 0 Å². The number of aryl methyl sites for hydroxylation is 1. The molecule has 0 aliphatic carbocycles. The summed E-state index contributed by atoms with van der Waals surface area (Å²) in [4.78, 5) is 43.5. The number of likely N-dealkylation sites (tertiary alicyclic amines) is 1. The number of aliphatic hydroxyl groups excluding tert-OH is 1. The van der Waals surface area contributed by atoms with Gasteiger partial charge in [0, 0.05) is 11.3 Å². The summed E-state index contributed by atoms with van der Waals surface area (Å²) in [6.45, 7) is 5.92. The number of carbonyl (C=O) groups excluding carboxylic acids is 3. The lowest BCUT2D eigenvalue weighted by atomic mass is 9.66. The number of aliphatic hydroxyl groups is 1. The van der Waals surface area contributed by atoms with E-state index >= 15 is 0 Å². The maximum Gasteiger partial charge on any atom is 0.248 e. The molecule has 0 radical (unpaired) electrons. The number of hydrogen-bond acceptors (Lipinski definition) is 5. The third-order valence-electron chi connectivity index (χ3n) is 8.60. The number of hydrogen-bond donors (Lipinski definition) is 3. The minimum absolute atomic E-state index is 0.163. The van der Waals surface area contributed by atoms with E-state index < -0.39 is 33.4 Å². The topological polar surface area (TPSA) is 98.7 Å². The molecule has 3 amide bonds. The predicted octanol–water partition coefficient (Wildman–Crippen LogP) is 4.16. The number of rotatable bonds is 8. The van der Waals surface area contributed by atoms with Crippen LogP contribution in [0.25, 0.3) is 0 Å². The molecule has 3 aliphatic rings. The van der Waals surface area contributed by atoms with Gasteiger partial charge in [-0.3, -0.25) is 14.4 Å². The van der Waals surface area contributed by atoms with Gasteiger partial charge in [-0.2, -0.15) is 0 Å². The zero-order chi connectivity index (χ0) is 27.2. The number of para-hydroxylation sites is 1. The van der Waals surface area contributed by atoms with Gasteiger partial charge in [0.2, 0.25) is 17.7 Å². The second-order valence-electron chi connectivity index (χ2n) is 10.8. The third-order valence-corrected chi connectivity index (χ3v) is 10.9. The molecular formula is C29H34ClN3O4S. The van der Waals surface area contributed by atoms with Gasteiger partial charge in [-0.25, -0.2) is 0 Å². The van der Waals surface area contributed by atoms with Crippen LogP contribution in [-0.4, -0.2) is 55.9 Å². The van der Waals surface area contributed by atoms with Crippen LogP contribution in [0, 0.1) is 18.8 Å². The van der Waals surface area contributed by atoms with Gasteiger partial charge in [0.1, 0.15) is 6.04 Å². The highest BCUT2D eigenvalue weighted by Gasteiger charge is 2.77. The molecule has 3 aliphatic heterocycles. The Morgan fingerprint density at radius 3 is 2.55 bits per heavy atom. The highest BCUT2D eigenvalue weighted by molar-refractivity contribution is 8.02. The van der Waals surface area contributed by atoms with Crippen LogP contribution in [0.2, 0.25) is 5.02 Å². The van der Waals surface area contributed by atoms with E-state index in [1.54, 1.807) is 22.7 Å². The van der Waals surface area contributed by atoms with Crippen molar-refractivity contribution in [1.82, 2.24) is 10.2 Å². The summed E-state index contributed by atoms with van der Waals surface area (Å²) in [5.74, 6) is -1.94. The molecule has 3 N–H and O–H groups in total. The van der Waals surface area contributed by atoms with Gasteiger partial charge in [0.15, 0.2) is 0 Å². The number of thioether (sulfide) groups is 1. The average molecular weight is 556 g/mol. The van der Waals surface area contributed by atoms with Crippen molar-refractivity contribution in [1.29, 1.82) is 0 Å². The van der Waals surface area contributed by atoms with Crippen molar-refractivity contribution in [3.8, 4) is 0 Å². The third kappa shape index (κ3) is 4.21. The van der Waals surface area contributed by atoms with Crippen molar-refractivity contribution in [2.45, 2.75) is 68.2 Å². The average Bonchev–Trinajstić information content (AvgIpc) is 3.47. The second-order valence-corrected chi connectivity index (χ2v) is 13.1. The van der Waals surface area contributed by atoms with E-state index in [0.717, 1.165) is 17.5 Å². The predicted molar refractivity (Wildman–Crippen MR) is 150 cm³/mol. The van der Waals surface area contributed by atoms with Crippen molar-refractivity contribution in [2.75, 3.05) is 11.9 Å². The van der Waals surface area contributed by atoms with E-state index in [4.69, 9.17) is 11.6 Å². The molecule has 202 valence electrons. The summed E-state index contributed by atoms with van der Waals surface area (Å²) in [5.41, 5.74) is 2.32. The Kier molecular flexibility index (Phi) is 7.26. The summed E-state index contributed by atoms with van der Waals surface area (Å²) in [5, 5.41) is 16.7. The van der Waals surface area contributed by atoms with E-state index in [0.29, 0.717) is 30.1 Å². The van der Waals surface area contributed by atoms with Crippen LogP contribution in [0.4, 0.5) is 5.69 Å².